The van der Waals surface area contributed by atoms with Gasteiger partial charge in [-0.25, -0.2) is 0 Å². The minimum atomic E-state index is 0.105. The first-order valence-corrected chi connectivity index (χ1v) is 9.22. The molecule has 2 aromatic heterocycles. The van der Waals surface area contributed by atoms with Crippen LogP contribution in [0.1, 0.15) is 41.3 Å². The monoisotopic (exact) mass is 371 g/mol. The van der Waals surface area contributed by atoms with Crippen molar-refractivity contribution in [2.75, 3.05) is 10.6 Å². The fraction of sp³-hybridized carbons (Fsp3) is 0.238. The van der Waals surface area contributed by atoms with Crippen LogP contribution in [0.15, 0.2) is 42.9 Å². The summed E-state index contributed by atoms with van der Waals surface area (Å²) in [4.78, 5) is 4.55. The van der Waals surface area contributed by atoms with Gasteiger partial charge in [-0.2, -0.15) is 10.4 Å². The Kier molecular flexibility index (Phi) is 4.77. The second kappa shape index (κ2) is 7.53. The summed E-state index contributed by atoms with van der Waals surface area (Å²) in [7, 11) is 1.87. The van der Waals surface area contributed by atoms with E-state index < -0.39 is 0 Å². The number of pyridine rings is 1. The molecule has 4 rings (SSSR count). The Hall–Kier alpha value is -3.66. The molecule has 0 radical (unpaired) electrons. The van der Waals surface area contributed by atoms with Crippen LogP contribution in [0.2, 0.25) is 0 Å². The van der Waals surface area contributed by atoms with E-state index in [1.54, 1.807) is 17.1 Å². The summed E-state index contributed by atoms with van der Waals surface area (Å²) in [5.41, 5.74) is 6.25. The SMILES string of the molecule is Cn1cc(Nc2cc(N[C@@H]3CCCc4cc(C#N)cnc43)ccc2C=N)cn1. The van der Waals surface area contributed by atoms with Crippen molar-refractivity contribution in [3.8, 4) is 6.07 Å². The van der Waals surface area contributed by atoms with Crippen molar-refractivity contribution in [3.05, 3.63) is 65.2 Å². The van der Waals surface area contributed by atoms with E-state index in [1.165, 1.54) is 6.21 Å². The molecule has 7 nitrogen and oxygen atoms in total. The molecule has 28 heavy (non-hydrogen) atoms. The van der Waals surface area contributed by atoms with Crippen LogP contribution in [0.5, 0.6) is 0 Å². The molecule has 1 aliphatic carbocycles. The number of aryl methyl sites for hydroxylation is 2. The molecule has 1 aliphatic rings. The highest BCUT2D eigenvalue weighted by Crippen LogP contribution is 2.33. The topological polar surface area (TPSA) is 102 Å². The lowest BCUT2D eigenvalue weighted by molar-refractivity contribution is 0.583. The minimum Gasteiger partial charge on any atom is -0.377 e. The third-order valence-corrected chi connectivity index (χ3v) is 4.93. The van der Waals surface area contributed by atoms with Gasteiger partial charge >= 0.3 is 0 Å². The molecule has 0 saturated heterocycles. The van der Waals surface area contributed by atoms with Crippen molar-refractivity contribution < 1.29 is 0 Å². The molecule has 0 unspecified atom stereocenters. The summed E-state index contributed by atoms with van der Waals surface area (Å²) in [5.74, 6) is 0. The van der Waals surface area contributed by atoms with Crippen LogP contribution >= 0.6 is 0 Å². The Balaban J connectivity index is 1.60. The molecular weight excluding hydrogens is 350 g/mol. The molecule has 1 aromatic carbocycles. The fourth-order valence-corrected chi connectivity index (χ4v) is 3.59. The summed E-state index contributed by atoms with van der Waals surface area (Å²) in [6.07, 6.45) is 9.63. The van der Waals surface area contributed by atoms with Gasteiger partial charge in [0, 0.05) is 42.6 Å². The molecule has 0 spiro atoms. The van der Waals surface area contributed by atoms with E-state index in [1.807, 2.05) is 37.5 Å². The van der Waals surface area contributed by atoms with E-state index in [0.29, 0.717) is 5.56 Å². The molecule has 0 bridgehead atoms. The smallest absolute Gasteiger partial charge is 0.101 e. The Morgan fingerprint density at radius 1 is 1.29 bits per heavy atom. The highest BCUT2D eigenvalue weighted by atomic mass is 15.3. The number of nitriles is 1. The number of fused-ring (bicyclic) bond motifs is 1. The maximum Gasteiger partial charge on any atom is 0.101 e. The number of aromatic nitrogens is 3. The highest BCUT2D eigenvalue weighted by molar-refractivity contribution is 5.88. The summed E-state index contributed by atoms with van der Waals surface area (Å²) >= 11 is 0. The number of hydrogen-bond acceptors (Lipinski definition) is 6. The van der Waals surface area contributed by atoms with E-state index in [9.17, 15) is 0 Å². The van der Waals surface area contributed by atoms with Crippen molar-refractivity contribution in [1.29, 1.82) is 10.7 Å². The fourth-order valence-electron chi connectivity index (χ4n) is 3.59. The maximum atomic E-state index is 9.11. The van der Waals surface area contributed by atoms with Gasteiger partial charge in [0.2, 0.25) is 0 Å². The van der Waals surface area contributed by atoms with Crippen molar-refractivity contribution >= 4 is 23.3 Å². The van der Waals surface area contributed by atoms with Gasteiger partial charge < -0.3 is 16.0 Å². The van der Waals surface area contributed by atoms with Crippen LogP contribution in [0, 0.1) is 16.7 Å². The number of hydrogen-bond donors (Lipinski definition) is 3. The minimum absolute atomic E-state index is 0.105. The number of benzene rings is 1. The predicted molar refractivity (Wildman–Crippen MR) is 109 cm³/mol. The largest absolute Gasteiger partial charge is 0.377 e. The number of nitrogens with one attached hydrogen (secondary N) is 3. The van der Waals surface area contributed by atoms with Crippen molar-refractivity contribution in [2.24, 2.45) is 7.05 Å². The normalized spacial score (nSPS) is 15.4. The van der Waals surface area contributed by atoms with Crippen LogP contribution in [-0.4, -0.2) is 21.0 Å². The standard InChI is InChI=1S/C21H21N7/c1-28-13-18(12-25-28)27-20-8-17(6-5-16(20)10-23)26-19-4-2-3-15-7-14(9-22)11-24-21(15)19/h5-8,10-13,19,23,26-27H,2-4H2,1H3/t19-/m1/s1. The van der Waals surface area contributed by atoms with Gasteiger partial charge in [-0.05, 0) is 49.1 Å². The third kappa shape index (κ3) is 3.58. The predicted octanol–water partition coefficient (Wildman–Crippen LogP) is 3.92. The van der Waals surface area contributed by atoms with E-state index in [0.717, 1.165) is 53.1 Å². The lowest BCUT2D eigenvalue weighted by atomic mass is 9.91. The zero-order valence-electron chi connectivity index (χ0n) is 15.6. The van der Waals surface area contributed by atoms with Gasteiger partial charge in [0.1, 0.15) is 6.07 Å². The average Bonchev–Trinajstić information content (AvgIpc) is 3.12. The zero-order chi connectivity index (χ0) is 19.5. The molecule has 0 amide bonds. The second-order valence-electron chi connectivity index (χ2n) is 6.94. The molecule has 7 heteroatoms. The summed E-state index contributed by atoms with van der Waals surface area (Å²) < 4.78 is 1.73. The van der Waals surface area contributed by atoms with Crippen molar-refractivity contribution in [2.45, 2.75) is 25.3 Å². The molecule has 2 heterocycles. The van der Waals surface area contributed by atoms with E-state index in [4.69, 9.17) is 10.7 Å². The number of anilines is 3. The second-order valence-corrected chi connectivity index (χ2v) is 6.94. The molecule has 140 valence electrons. The first-order chi connectivity index (χ1) is 13.7. The van der Waals surface area contributed by atoms with Gasteiger partial charge in [0.15, 0.2) is 0 Å². The first kappa shape index (κ1) is 17.7. The van der Waals surface area contributed by atoms with Crippen LogP contribution in [0.25, 0.3) is 0 Å². The molecule has 3 N–H and O–H groups in total. The van der Waals surface area contributed by atoms with Crippen LogP contribution in [0.4, 0.5) is 17.1 Å². The molecule has 0 saturated carbocycles. The van der Waals surface area contributed by atoms with Crippen molar-refractivity contribution in [3.63, 3.8) is 0 Å². The van der Waals surface area contributed by atoms with Gasteiger partial charge in [0.25, 0.3) is 0 Å². The quantitative estimate of drug-likeness (QED) is 0.590. The number of nitrogens with zero attached hydrogens (tertiary/aromatic N) is 4. The van der Waals surface area contributed by atoms with E-state index >= 15 is 0 Å². The van der Waals surface area contributed by atoms with Crippen molar-refractivity contribution in [1.82, 2.24) is 14.8 Å². The summed E-state index contributed by atoms with van der Waals surface area (Å²) in [6.45, 7) is 0. The Bertz CT molecular complexity index is 1060. The van der Waals surface area contributed by atoms with Crippen LogP contribution < -0.4 is 10.6 Å². The molecule has 1 atom stereocenters. The van der Waals surface area contributed by atoms with Gasteiger partial charge in [-0.1, -0.05) is 0 Å². The van der Waals surface area contributed by atoms with E-state index in [2.05, 4.69) is 26.8 Å². The summed E-state index contributed by atoms with van der Waals surface area (Å²) in [5, 5.41) is 27.9. The lowest BCUT2D eigenvalue weighted by Gasteiger charge is -2.26. The molecule has 3 aromatic rings. The Morgan fingerprint density at radius 3 is 2.93 bits per heavy atom. The average molecular weight is 371 g/mol. The highest BCUT2D eigenvalue weighted by Gasteiger charge is 2.22. The first-order valence-electron chi connectivity index (χ1n) is 9.22. The van der Waals surface area contributed by atoms with Gasteiger partial charge in [0.05, 0.1) is 29.2 Å². The molecular formula is C21H21N7. The molecule has 0 aliphatic heterocycles. The lowest BCUT2D eigenvalue weighted by Crippen LogP contribution is -2.19. The zero-order valence-corrected chi connectivity index (χ0v) is 15.6. The Labute approximate surface area is 163 Å². The van der Waals surface area contributed by atoms with E-state index in [-0.39, 0.29) is 6.04 Å². The van der Waals surface area contributed by atoms with Crippen LogP contribution in [0.3, 0.4) is 0 Å². The third-order valence-electron chi connectivity index (χ3n) is 4.93. The summed E-state index contributed by atoms with van der Waals surface area (Å²) in [6, 6.07) is 10.1. The number of rotatable bonds is 5. The van der Waals surface area contributed by atoms with Crippen LogP contribution in [-0.2, 0) is 13.5 Å². The van der Waals surface area contributed by atoms with Gasteiger partial charge in [-0.15, -0.1) is 0 Å². The Morgan fingerprint density at radius 2 is 2.18 bits per heavy atom. The molecule has 0 fully saturated rings. The maximum absolute atomic E-state index is 9.11. The van der Waals surface area contributed by atoms with Gasteiger partial charge in [-0.3, -0.25) is 9.67 Å².